The summed E-state index contributed by atoms with van der Waals surface area (Å²) in [5, 5.41) is 1.95. The van der Waals surface area contributed by atoms with Crippen LogP contribution in [-0.4, -0.2) is 47.0 Å². The molecule has 0 saturated carbocycles. The molecule has 2 N–H and O–H groups in total. The Morgan fingerprint density at radius 1 is 1.20 bits per heavy atom. The first kappa shape index (κ1) is 17.9. The van der Waals surface area contributed by atoms with E-state index in [9.17, 15) is 14.4 Å². The number of benzene rings is 1. The summed E-state index contributed by atoms with van der Waals surface area (Å²) < 4.78 is 0. The van der Waals surface area contributed by atoms with Gasteiger partial charge in [-0.1, -0.05) is 29.5 Å². The summed E-state index contributed by atoms with van der Waals surface area (Å²) in [7, 11) is 0. The van der Waals surface area contributed by atoms with Crippen molar-refractivity contribution in [2.24, 2.45) is 0 Å². The molecule has 1 aromatic rings. The molecule has 2 aliphatic heterocycles. The third kappa shape index (κ3) is 4.61. The fraction of sp³-hybridized carbons (Fsp3) is 0.500. The van der Waals surface area contributed by atoms with E-state index >= 15 is 0 Å². The molecule has 1 atom stereocenters. The zero-order valence-electron chi connectivity index (χ0n) is 14.4. The van der Waals surface area contributed by atoms with E-state index in [-0.39, 0.29) is 23.5 Å². The fourth-order valence-electron chi connectivity index (χ4n) is 3.22. The van der Waals surface area contributed by atoms with Gasteiger partial charge in [0.25, 0.3) is 5.24 Å². The van der Waals surface area contributed by atoms with Crippen molar-refractivity contribution in [3.05, 3.63) is 29.8 Å². The zero-order chi connectivity index (χ0) is 17.8. The van der Waals surface area contributed by atoms with E-state index in [0.29, 0.717) is 12.4 Å². The number of hydrogen-bond donors (Lipinski definition) is 2. The lowest BCUT2D eigenvalue weighted by Crippen LogP contribution is -3.14. The van der Waals surface area contributed by atoms with Gasteiger partial charge in [0.1, 0.15) is 5.25 Å². The van der Waals surface area contributed by atoms with Gasteiger partial charge in [-0.2, -0.15) is 0 Å². The van der Waals surface area contributed by atoms with E-state index < -0.39 is 5.25 Å². The Balaban J connectivity index is 1.54. The molecule has 3 rings (SSSR count). The van der Waals surface area contributed by atoms with Crippen LogP contribution in [0, 0.1) is 6.92 Å². The number of carbonyl (C=O) groups is 3. The van der Waals surface area contributed by atoms with E-state index in [0.717, 1.165) is 43.3 Å². The molecular formula is C18H24N3O3S+. The SMILES string of the molecule is Cc1ccc(NC(=O)C[C@H]2SC(=O)N(C[NH+]3CCCCC3)C2=O)cc1. The molecule has 6 nitrogen and oxygen atoms in total. The Morgan fingerprint density at radius 3 is 2.56 bits per heavy atom. The van der Waals surface area contributed by atoms with Crippen molar-refractivity contribution in [2.75, 3.05) is 25.1 Å². The van der Waals surface area contributed by atoms with Crippen LogP contribution in [-0.2, 0) is 9.59 Å². The van der Waals surface area contributed by atoms with Crippen LogP contribution in [0.25, 0.3) is 0 Å². The number of amides is 3. The number of aryl methyl sites for hydroxylation is 1. The largest absolute Gasteiger partial charge is 0.326 e. The normalized spacial score (nSPS) is 21.6. The van der Waals surface area contributed by atoms with Gasteiger partial charge in [0, 0.05) is 12.1 Å². The molecule has 0 radical (unpaired) electrons. The molecular weight excluding hydrogens is 338 g/mol. The average Bonchev–Trinajstić information content (AvgIpc) is 2.85. The van der Waals surface area contributed by atoms with Crippen LogP contribution in [0.15, 0.2) is 24.3 Å². The number of anilines is 1. The van der Waals surface area contributed by atoms with Gasteiger partial charge in [-0.15, -0.1) is 0 Å². The maximum atomic E-state index is 12.5. The highest BCUT2D eigenvalue weighted by molar-refractivity contribution is 8.15. The number of carbonyl (C=O) groups excluding carboxylic acids is 3. The van der Waals surface area contributed by atoms with Crippen LogP contribution in [0.1, 0.15) is 31.2 Å². The van der Waals surface area contributed by atoms with Crippen LogP contribution < -0.4 is 10.2 Å². The topological polar surface area (TPSA) is 70.9 Å². The highest BCUT2D eigenvalue weighted by Gasteiger charge is 2.42. The lowest BCUT2D eigenvalue weighted by molar-refractivity contribution is -0.912. The Hall–Kier alpha value is -1.86. The highest BCUT2D eigenvalue weighted by atomic mass is 32.2. The van der Waals surface area contributed by atoms with Crippen LogP contribution in [0.5, 0.6) is 0 Å². The van der Waals surface area contributed by atoms with E-state index in [2.05, 4.69) is 5.32 Å². The zero-order valence-corrected chi connectivity index (χ0v) is 15.2. The lowest BCUT2D eigenvalue weighted by Gasteiger charge is -2.26. The number of rotatable bonds is 5. The van der Waals surface area contributed by atoms with Crippen LogP contribution in [0.2, 0.25) is 0 Å². The predicted octanol–water partition coefficient (Wildman–Crippen LogP) is 1.41. The minimum Gasteiger partial charge on any atom is -0.326 e. The molecule has 3 amide bonds. The molecule has 0 spiro atoms. The number of nitrogens with zero attached hydrogens (tertiary/aromatic N) is 1. The lowest BCUT2D eigenvalue weighted by atomic mass is 10.1. The molecule has 2 saturated heterocycles. The molecule has 0 bridgehead atoms. The smallest absolute Gasteiger partial charge is 0.293 e. The fourth-order valence-corrected chi connectivity index (χ4v) is 4.21. The van der Waals surface area contributed by atoms with Crippen molar-refractivity contribution >= 4 is 34.5 Å². The molecule has 2 aliphatic rings. The molecule has 2 heterocycles. The third-order valence-corrected chi connectivity index (χ3v) is 5.73. The van der Waals surface area contributed by atoms with E-state index in [1.807, 2.05) is 31.2 Å². The van der Waals surface area contributed by atoms with E-state index in [1.165, 1.54) is 16.2 Å². The Bertz CT molecular complexity index is 656. The van der Waals surface area contributed by atoms with Gasteiger partial charge in [-0.25, -0.2) is 4.90 Å². The second kappa shape index (κ2) is 8.01. The molecule has 0 aromatic heterocycles. The number of imide groups is 1. The minimum absolute atomic E-state index is 0.0228. The van der Waals surface area contributed by atoms with E-state index in [1.54, 1.807) is 0 Å². The van der Waals surface area contributed by atoms with Crippen molar-refractivity contribution in [1.82, 2.24) is 4.90 Å². The molecule has 25 heavy (non-hydrogen) atoms. The van der Waals surface area contributed by atoms with Gasteiger partial charge < -0.3 is 10.2 Å². The number of nitrogens with one attached hydrogen (secondary N) is 2. The van der Waals surface area contributed by atoms with Crippen LogP contribution in [0.3, 0.4) is 0 Å². The first-order valence-corrected chi connectivity index (χ1v) is 9.63. The van der Waals surface area contributed by atoms with Crippen LogP contribution in [0.4, 0.5) is 10.5 Å². The van der Waals surface area contributed by atoms with Gasteiger partial charge in [0.2, 0.25) is 11.8 Å². The Labute approximate surface area is 151 Å². The summed E-state index contributed by atoms with van der Waals surface area (Å²) in [4.78, 5) is 39.5. The summed E-state index contributed by atoms with van der Waals surface area (Å²) in [6.07, 6.45) is 3.53. The average molecular weight is 362 g/mol. The summed E-state index contributed by atoms with van der Waals surface area (Å²) in [6, 6.07) is 7.48. The van der Waals surface area contributed by atoms with Gasteiger partial charge in [0.15, 0.2) is 6.67 Å². The third-order valence-electron chi connectivity index (χ3n) is 4.65. The first-order chi connectivity index (χ1) is 12.0. The summed E-state index contributed by atoms with van der Waals surface area (Å²) >= 11 is 0.975. The summed E-state index contributed by atoms with van der Waals surface area (Å²) in [6.45, 7) is 4.41. The molecule has 1 aromatic carbocycles. The number of likely N-dealkylation sites (tertiary alicyclic amines) is 1. The van der Waals surface area contributed by atoms with Gasteiger partial charge >= 0.3 is 0 Å². The molecule has 0 unspecified atom stereocenters. The summed E-state index contributed by atoms with van der Waals surface area (Å²) in [5.41, 5.74) is 1.81. The number of thioether (sulfide) groups is 1. The van der Waals surface area contributed by atoms with Gasteiger partial charge in [0.05, 0.1) is 13.1 Å². The van der Waals surface area contributed by atoms with Crippen LogP contribution >= 0.6 is 11.8 Å². The quantitative estimate of drug-likeness (QED) is 0.831. The number of quaternary nitrogens is 1. The van der Waals surface area contributed by atoms with Crippen molar-refractivity contribution in [2.45, 2.75) is 37.9 Å². The predicted molar refractivity (Wildman–Crippen MR) is 97.5 cm³/mol. The summed E-state index contributed by atoms with van der Waals surface area (Å²) in [5.74, 6) is -0.471. The monoisotopic (exact) mass is 362 g/mol. The number of piperidine rings is 1. The van der Waals surface area contributed by atoms with Crippen molar-refractivity contribution in [3.8, 4) is 0 Å². The molecule has 7 heteroatoms. The second-order valence-corrected chi connectivity index (χ2v) is 7.88. The minimum atomic E-state index is -0.609. The number of hydrogen-bond acceptors (Lipinski definition) is 4. The maximum Gasteiger partial charge on any atom is 0.293 e. The second-order valence-electron chi connectivity index (χ2n) is 6.73. The molecule has 134 valence electrons. The van der Waals surface area contributed by atoms with Crippen molar-refractivity contribution in [1.29, 1.82) is 0 Å². The van der Waals surface area contributed by atoms with Gasteiger partial charge in [-0.05, 0) is 38.3 Å². The Morgan fingerprint density at radius 2 is 1.88 bits per heavy atom. The van der Waals surface area contributed by atoms with E-state index in [4.69, 9.17) is 0 Å². The maximum absolute atomic E-state index is 12.5. The Kier molecular flexibility index (Phi) is 5.75. The highest BCUT2D eigenvalue weighted by Crippen LogP contribution is 2.28. The molecule has 0 aliphatic carbocycles. The van der Waals surface area contributed by atoms with Crippen molar-refractivity contribution < 1.29 is 19.3 Å². The first-order valence-electron chi connectivity index (χ1n) is 8.75. The van der Waals surface area contributed by atoms with Crippen molar-refractivity contribution in [3.63, 3.8) is 0 Å². The standard InChI is InChI=1S/C18H23N3O3S/c1-13-5-7-14(8-6-13)19-16(22)11-15-17(23)21(18(24)25-15)12-20-9-3-2-4-10-20/h5-8,15H,2-4,9-12H2,1H3,(H,19,22)/p+1/t15-/m1/s1. The molecule has 2 fully saturated rings. The van der Waals surface area contributed by atoms with Gasteiger partial charge in [-0.3, -0.25) is 14.4 Å².